The molecule has 0 aliphatic carbocycles. The molecular weight excluding hydrogens is 264 g/mol. The van der Waals surface area contributed by atoms with Gasteiger partial charge in [-0.3, -0.25) is 10.3 Å². The molecule has 106 valence electrons. The van der Waals surface area contributed by atoms with Crippen molar-refractivity contribution < 1.29 is 4.79 Å². The number of hydrogen-bond acceptors (Lipinski definition) is 3. The van der Waals surface area contributed by atoms with Gasteiger partial charge in [0.15, 0.2) is 0 Å². The van der Waals surface area contributed by atoms with Crippen LogP contribution in [0.4, 0.5) is 10.5 Å². The van der Waals surface area contributed by atoms with Crippen molar-refractivity contribution in [3.05, 3.63) is 29.3 Å². The smallest absolute Gasteiger partial charge is 0.307 e. The van der Waals surface area contributed by atoms with Gasteiger partial charge in [-0.15, -0.1) is 12.4 Å². The molecule has 0 saturated carbocycles. The number of carbonyl (C=O) groups excluding carboxylic acids is 1. The van der Waals surface area contributed by atoms with Crippen LogP contribution in [0.15, 0.2) is 23.3 Å². The van der Waals surface area contributed by atoms with Crippen molar-refractivity contribution in [3.63, 3.8) is 0 Å². The maximum absolute atomic E-state index is 11.7. The summed E-state index contributed by atoms with van der Waals surface area (Å²) in [7, 11) is 1.83. The summed E-state index contributed by atoms with van der Waals surface area (Å²) in [5.41, 5.74) is 2.91. The minimum absolute atomic E-state index is 0. The van der Waals surface area contributed by atoms with Gasteiger partial charge in [-0.1, -0.05) is 18.2 Å². The first-order valence-corrected chi connectivity index (χ1v) is 5.92. The number of halogens is 1. The van der Waals surface area contributed by atoms with Crippen LogP contribution in [0.2, 0.25) is 0 Å². The van der Waals surface area contributed by atoms with Gasteiger partial charge in [-0.2, -0.15) is 5.10 Å². The lowest BCUT2D eigenvalue weighted by Crippen LogP contribution is -2.29. The molecule has 1 aromatic carbocycles. The largest absolute Gasteiger partial charge is 0.324 e. The molecule has 0 atom stereocenters. The molecule has 5 nitrogen and oxygen atoms in total. The SMILES string of the molecule is CCN(C)N=CNC(=O)Nc1c(C)cccc1C.Cl. The second kappa shape index (κ2) is 8.37. The molecule has 1 rings (SSSR count). The van der Waals surface area contributed by atoms with Gasteiger partial charge in [0.25, 0.3) is 0 Å². The maximum Gasteiger partial charge on any atom is 0.324 e. The van der Waals surface area contributed by atoms with Crippen LogP contribution >= 0.6 is 12.4 Å². The van der Waals surface area contributed by atoms with Gasteiger partial charge in [-0.05, 0) is 31.9 Å². The van der Waals surface area contributed by atoms with Gasteiger partial charge >= 0.3 is 6.03 Å². The van der Waals surface area contributed by atoms with E-state index < -0.39 is 0 Å². The summed E-state index contributed by atoms with van der Waals surface area (Å²) < 4.78 is 0. The van der Waals surface area contributed by atoms with Crippen LogP contribution in [0.5, 0.6) is 0 Å². The third-order valence-electron chi connectivity index (χ3n) is 2.63. The lowest BCUT2D eigenvalue weighted by Gasteiger charge is -2.11. The number of benzene rings is 1. The molecule has 1 aromatic rings. The zero-order chi connectivity index (χ0) is 13.5. The van der Waals surface area contributed by atoms with Crippen molar-refractivity contribution in [1.29, 1.82) is 0 Å². The lowest BCUT2D eigenvalue weighted by atomic mass is 10.1. The second-order valence-corrected chi connectivity index (χ2v) is 4.08. The molecule has 0 radical (unpaired) electrons. The highest BCUT2D eigenvalue weighted by Crippen LogP contribution is 2.18. The van der Waals surface area contributed by atoms with Gasteiger partial charge in [-0.25, -0.2) is 4.79 Å². The van der Waals surface area contributed by atoms with E-state index in [0.29, 0.717) is 0 Å². The molecule has 0 spiro atoms. The van der Waals surface area contributed by atoms with Crippen LogP contribution in [0.1, 0.15) is 18.1 Å². The van der Waals surface area contributed by atoms with E-state index in [1.807, 2.05) is 46.0 Å². The van der Waals surface area contributed by atoms with Crippen LogP contribution in [0.25, 0.3) is 0 Å². The van der Waals surface area contributed by atoms with Crippen LogP contribution in [-0.2, 0) is 0 Å². The number of nitrogens with one attached hydrogen (secondary N) is 2. The Morgan fingerprint density at radius 3 is 2.47 bits per heavy atom. The highest BCUT2D eigenvalue weighted by Gasteiger charge is 2.05. The lowest BCUT2D eigenvalue weighted by molar-refractivity contribution is 0.256. The van der Waals surface area contributed by atoms with Crippen molar-refractivity contribution in [3.8, 4) is 0 Å². The molecule has 0 aromatic heterocycles. The van der Waals surface area contributed by atoms with E-state index >= 15 is 0 Å². The van der Waals surface area contributed by atoms with Gasteiger partial charge < -0.3 is 5.32 Å². The van der Waals surface area contributed by atoms with E-state index in [9.17, 15) is 4.79 Å². The number of para-hydroxylation sites is 1. The number of hydrazone groups is 1. The monoisotopic (exact) mass is 284 g/mol. The Balaban J connectivity index is 0.00000324. The Bertz CT molecular complexity index is 428. The zero-order valence-electron chi connectivity index (χ0n) is 11.7. The summed E-state index contributed by atoms with van der Waals surface area (Å²) in [6.07, 6.45) is 1.38. The first kappa shape index (κ1) is 17.2. The first-order chi connectivity index (χ1) is 8.54. The third-order valence-corrected chi connectivity index (χ3v) is 2.63. The Kier molecular flexibility index (Phi) is 7.60. The molecule has 19 heavy (non-hydrogen) atoms. The molecule has 0 saturated heterocycles. The quantitative estimate of drug-likeness (QED) is 0.507. The van der Waals surface area contributed by atoms with Gasteiger partial charge in [0.05, 0.1) is 0 Å². The average Bonchev–Trinajstić information content (AvgIpc) is 2.34. The fourth-order valence-electron chi connectivity index (χ4n) is 1.43. The molecule has 0 aliphatic rings. The van der Waals surface area contributed by atoms with Crippen LogP contribution in [0, 0.1) is 13.8 Å². The van der Waals surface area contributed by atoms with E-state index in [4.69, 9.17) is 0 Å². The van der Waals surface area contributed by atoms with E-state index in [-0.39, 0.29) is 18.4 Å². The number of carbonyl (C=O) groups is 1. The molecule has 2 amide bonds. The van der Waals surface area contributed by atoms with Gasteiger partial charge in [0.2, 0.25) is 0 Å². The molecule has 2 N–H and O–H groups in total. The van der Waals surface area contributed by atoms with E-state index in [2.05, 4.69) is 15.7 Å². The van der Waals surface area contributed by atoms with Gasteiger partial charge in [0.1, 0.15) is 6.34 Å². The number of urea groups is 1. The Labute approximate surface area is 120 Å². The predicted molar refractivity (Wildman–Crippen MR) is 82.1 cm³/mol. The summed E-state index contributed by atoms with van der Waals surface area (Å²) >= 11 is 0. The van der Waals surface area contributed by atoms with Crippen LogP contribution in [0.3, 0.4) is 0 Å². The summed E-state index contributed by atoms with van der Waals surface area (Å²) in [5, 5.41) is 11.1. The van der Waals surface area contributed by atoms with Crippen molar-refractivity contribution in [1.82, 2.24) is 10.3 Å². The zero-order valence-corrected chi connectivity index (χ0v) is 12.5. The van der Waals surface area contributed by atoms with Crippen molar-refractivity contribution in [2.45, 2.75) is 20.8 Å². The topological polar surface area (TPSA) is 56.7 Å². The van der Waals surface area contributed by atoms with Crippen molar-refractivity contribution in [2.24, 2.45) is 5.10 Å². The summed E-state index contributed by atoms with van der Waals surface area (Å²) in [6, 6.07) is 5.59. The summed E-state index contributed by atoms with van der Waals surface area (Å²) in [4.78, 5) is 11.7. The maximum atomic E-state index is 11.7. The molecular formula is C13H21ClN4O. The predicted octanol–water partition coefficient (Wildman–Crippen LogP) is 2.74. The number of aryl methyl sites for hydroxylation is 2. The van der Waals surface area contributed by atoms with Crippen molar-refractivity contribution >= 4 is 30.5 Å². The first-order valence-electron chi connectivity index (χ1n) is 5.92. The highest BCUT2D eigenvalue weighted by atomic mass is 35.5. The fourth-order valence-corrected chi connectivity index (χ4v) is 1.43. The van der Waals surface area contributed by atoms with Crippen LogP contribution < -0.4 is 10.6 Å². The normalized spacial score (nSPS) is 9.89. The molecule has 0 fully saturated rings. The molecule has 0 heterocycles. The Morgan fingerprint density at radius 2 is 1.95 bits per heavy atom. The van der Waals surface area contributed by atoms with E-state index in [1.54, 1.807) is 5.01 Å². The second-order valence-electron chi connectivity index (χ2n) is 4.08. The number of nitrogens with zero attached hydrogens (tertiary/aromatic N) is 2. The number of hydrogen-bond donors (Lipinski definition) is 2. The average molecular weight is 285 g/mol. The molecule has 0 unspecified atom stereocenters. The van der Waals surface area contributed by atoms with Gasteiger partial charge in [0, 0.05) is 19.3 Å². The van der Waals surface area contributed by atoms with Crippen molar-refractivity contribution in [2.75, 3.05) is 18.9 Å². The molecule has 6 heteroatoms. The number of rotatable bonds is 4. The van der Waals surface area contributed by atoms with Crippen LogP contribution in [-0.4, -0.2) is 31.0 Å². The standard InChI is InChI=1S/C13H20N4O.ClH/c1-5-17(4)15-9-14-13(18)16-12-10(2)7-6-8-11(12)3;/h6-9H,5H2,1-4H3,(H2,14,15,16,18);1H. The molecule has 0 bridgehead atoms. The minimum Gasteiger partial charge on any atom is -0.307 e. The third kappa shape index (κ3) is 5.61. The number of anilines is 1. The van der Waals surface area contributed by atoms with E-state index in [0.717, 1.165) is 23.4 Å². The summed E-state index contributed by atoms with van der Waals surface area (Å²) in [6.45, 7) is 6.69. The Morgan fingerprint density at radius 1 is 1.37 bits per heavy atom. The number of amides is 2. The molecule has 0 aliphatic heterocycles. The van der Waals surface area contributed by atoms with E-state index in [1.165, 1.54) is 6.34 Å². The fraction of sp³-hybridized carbons (Fsp3) is 0.385. The summed E-state index contributed by atoms with van der Waals surface area (Å²) in [5.74, 6) is 0. The minimum atomic E-state index is -0.291. The Hall–Kier alpha value is -1.75. The highest BCUT2D eigenvalue weighted by molar-refractivity contribution is 5.97.